The zero-order valence-corrected chi connectivity index (χ0v) is 12.2. The maximum absolute atomic E-state index is 12.4. The van der Waals surface area contributed by atoms with E-state index in [1.54, 1.807) is 18.5 Å². The third-order valence-electron chi connectivity index (χ3n) is 3.61. The summed E-state index contributed by atoms with van der Waals surface area (Å²) in [6.07, 6.45) is 3.60. The number of aryl methyl sites for hydroxylation is 1. The number of nitrogens with two attached hydrogens (primary N) is 1. The van der Waals surface area contributed by atoms with Gasteiger partial charge >= 0.3 is 5.97 Å². The fourth-order valence-corrected chi connectivity index (χ4v) is 2.32. The van der Waals surface area contributed by atoms with Crippen molar-refractivity contribution in [2.24, 2.45) is 5.73 Å². The molecule has 21 heavy (non-hydrogen) atoms. The molecule has 0 aliphatic carbocycles. The molecule has 1 unspecified atom stereocenters. The monoisotopic (exact) mass is 285 g/mol. The minimum atomic E-state index is -0.968. The van der Waals surface area contributed by atoms with Crippen LogP contribution in [0.15, 0.2) is 42.7 Å². The van der Waals surface area contributed by atoms with Crippen molar-refractivity contribution in [1.29, 1.82) is 0 Å². The van der Waals surface area contributed by atoms with Gasteiger partial charge in [-0.1, -0.05) is 29.8 Å². The van der Waals surface area contributed by atoms with Crippen LogP contribution in [0.4, 0.5) is 0 Å². The van der Waals surface area contributed by atoms with E-state index in [0.29, 0.717) is 12.2 Å². The average Bonchev–Trinajstić information content (AvgIpc) is 2.54. The first kappa shape index (κ1) is 15.1. The predicted molar refractivity (Wildman–Crippen MR) is 79.7 cm³/mol. The lowest BCUT2D eigenvalue weighted by atomic mass is 9.77. The lowest BCUT2D eigenvalue weighted by molar-refractivity contribution is -0.147. The zero-order valence-electron chi connectivity index (χ0n) is 12.2. The van der Waals surface area contributed by atoms with Crippen LogP contribution in [0.5, 0.6) is 0 Å². The van der Waals surface area contributed by atoms with E-state index in [1.165, 1.54) is 7.11 Å². The Labute approximate surface area is 124 Å². The van der Waals surface area contributed by atoms with Crippen LogP contribution in [0.25, 0.3) is 0 Å². The normalized spacial score (nSPS) is 13.5. The van der Waals surface area contributed by atoms with Gasteiger partial charge in [0.1, 0.15) is 11.2 Å². The summed E-state index contributed by atoms with van der Waals surface area (Å²) in [5.41, 5.74) is 6.91. The Balaban J connectivity index is 2.47. The quantitative estimate of drug-likeness (QED) is 0.840. The molecule has 0 saturated carbocycles. The number of hydrogen-bond acceptors (Lipinski definition) is 5. The summed E-state index contributed by atoms with van der Waals surface area (Å²) in [6.45, 7) is 2.12. The minimum Gasteiger partial charge on any atom is -0.468 e. The molecule has 5 nitrogen and oxygen atoms in total. The minimum absolute atomic E-state index is 0.126. The van der Waals surface area contributed by atoms with Crippen molar-refractivity contribution in [3.63, 3.8) is 0 Å². The first-order chi connectivity index (χ1) is 10.1. The largest absolute Gasteiger partial charge is 0.468 e. The van der Waals surface area contributed by atoms with Crippen molar-refractivity contribution < 1.29 is 9.53 Å². The summed E-state index contributed by atoms with van der Waals surface area (Å²) < 4.78 is 4.99. The van der Waals surface area contributed by atoms with Crippen molar-refractivity contribution in [2.45, 2.75) is 18.8 Å². The molecule has 0 aliphatic rings. The second-order valence-electron chi connectivity index (χ2n) is 4.99. The van der Waals surface area contributed by atoms with Crippen LogP contribution >= 0.6 is 0 Å². The highest BCUT2D eigenvalue weighted by Crippen LogP contribution is 2.28. The molecule has 2 N–H and O–H groups in total. The van der Waals surface area contributed by atoms with Gasteiger partial charge in [0.25, 0.3) is 0 Å². The van der Waals surface area contributed by atoms with Crippen LogP contribution in [-0.4, -0.2) is 29.6 Å². The molecule has 0 bridgehead atoms. The summed E-state index contributed by atoms with van der Waals surface area (Å²) in [5.74, 6) is 0.190. The molecule has 0 fully saturated rings. The van der Waals surface area contributed by atoms with Gasteiger partial charge in [0.15, 0.2) is 0 Å². The van der Waals surface area contributed by atoms with Gasteiger partial charge in [-0.25, -0.2) is 9.97 Å². The molecule has 1 atom stereocenters. The third-order valence-corrected chi connectivity index (χ3v) is 3.61. The van der Waals surface area contributed by atoms with Crippen LogP contribution < -0.4 is 5.73 Å². The number of carbonyl (C=O) groups is 1. The Morgan fingerprint density at radius 1 is 1.24 bits per heavy atom. The molecule has 0 saturated heterocycles. The first-order valence-electron chi connectivity index (χ1n) is 6.74. The maximum atomic E-state index is 12.4. The standard InChI is InChI=1S/C16H19N3O2/c1-12-4-6-13(7-5-12)16(11-17,15(20)21-2)10-14-18-8-3-9-19-14/h3-9H,10-11,17H2,1-2H3. The number of esters is 1. The van der Waals surface area contributed by atoms with Gasteiger partial charge in [0.05, 0.1) is 7.11 Å². The van der Waals surface area contributed by atoms with Gasteiger partial charge in [-0.05, 0) is 18.6 Å². The highest BCUT2D eigenvalue weighted by molar-refractivity contribution is 5.84. The fraction of sp³-hybridized carbons (Fsp3) is 0.312. The Kier molecular flexibility index (Phi) is 4.65. The van der Waals surface area contributed by atoms with E-state index in [0.717, 1.165) is 11.1 Å². The number of rotatable bonds is 5. The molecule has 5 heteroatoms. The van der Waals surface area contributed by atoms with Crippen LogP contribution in [-0.2, 0) is 21.4 Å². The Hall–Kier alpha value is -2.27. The van der Waals surface area contributed by atoms with Crippen LogP contribution in [0.1, 0.15) is 17.0 Å². The van der Waals surface area contributed by atoms with Crippen molar-refractivity contribution in [2.75, 3.05) is 13.7 Å². The van der Waals surface area contributed by atoms with Crippen molar-refractivity contribution >= 4 is 5.97 Å². The fourth-order valence-electron chi connectivity index (χ4n) is 2.32. The molecule has 0 radical (unpaired) electrons. The van der Waals surface area contributed by atoms with Gasteiger partial charge in [0.2, 0.25) is 0 Å². The summed E-state index contributed by atoms with van der Waals surface area (Å²) in [4.78, 5) is 20.8. The second kappa shape index (κ2) is 6.45. The number of hydrogen-bond donors (Lipinski definition) is 1. The number of ether oxygens (including phenoxy) is 1. The second-order valence-corrected chi connectivity index (χ2v) is 4.99. The van der Waals surface area contributed by atoms with E-state index in [1.807, 2.05) is 31.2 Å². The predicted octanol–water partition coefficient (Wildman–Crippen LogP) is 1.40. The number of nitrogens with zero attached hydrogens (tertiary/aromatic N) is 2. The SMILES string of the molecule is COC(=O)C(CN)(Cc1ncccn1)c1ccc(C)cc1. The molecule has 0 aliphatic heterocycles. The Morgan fingerprint density at radius 2 is 1.86 bits per heavy atom. The molecular formula is C16H19N3O2. The summed E-state index contributed by atoms with van der Waals surface area (Å²) in [5, 5.41) is 0. The number of aromatic nitrogens is 2. The number of carbonyl (C=O) groups excluding carboxylic acids is 1. The van der Waals surface area contributed by atoms with Gasteiger partial charge in [-0.2, -0.15) is 0 Å². The van der Waals surface area contributed by atoms with Gasteiger partial charge < -0.3 is 10.5 Å². The summed E-state index contributed by atoms with van der Waals surface area (Å²) in [6, 6.07) is 9.45. The Morgan fingerprint density at radius 3 is 2.38 bits per heavy atom. The van der Waals surface area contributed by atoms with E-state index in [-0.39, 0.29) is 12.5 Å². The molecule has 0 spiro atoms. The zero-order chi connectivity index (χ0) is 15.3. The van der Waals surface area contributed by atoms with Gasteiger partial charge in [-0.3, -0.25) is 4.79 Å². The summed E-state index contributed by atoms with van der Waals surface area (Å²) in [7, 11) is 1.37. The maximum Gasteiger partial charge on any atom is 0.318 e. The third kappa shape index (κ3) is 3.08. The van der Waals surface area contributed by atoms with E-state index < -0.39 is 5.41 Å². The first-order valence-corrected chi connectivity index (χ1v) is 6.74. The highest BCUT2D eigenvalue weighted by Gasteiger charge is 2.41. The molecule has 1 heterocycles. The molecule has 110 valence electrons. The smallest absolute Gasteiger partial charge is 0.318 e. The van der Waals surface area contributed by atoms with Crippen LogP contribution in [0, 0.1) is 6.92 Å². The molecule has 1 aromatic carbocycles. The van der Waals surface area contributed by atoms with Crippen molar-refractivity contribution in [1.82, 2.24) is 9.97 Å². The number of benzene rings is 1. The van der Waals surface area contributed by atoms with Crippen LogP contribution in [0.3, 0.4) is 0 Å². The molecule has 0 amide bonds. The van der Waals surface area contributed by atoms with Gasteiger partial charge in [-0.15, -0.1) is 0 Å². The van der Waals surface area contributed by atoms with E-state index in [2.05, 4.69) is 9.97 Å². The van der Waals surface area contributed by atoms with E-state index in [4.69, 9.17) is 10.5 Å². The number of methoxy groups -OCH3 is 1. The Bertz CT molecular complexity index is 599. The highest BCUT2D eigenvalue weighted by atomic mass is 16.5. The van der Waals surface area contributed by atoms with Gasteiger partial charge in [0, 0.05) is 25.4 Å². The lowest BCUT2D eigenvalue weighted by Crippen LogP contribution is -2.46. The average molecular weight is 285 g/mol. The summed E-state index contributed by atoms with van der Waals surface area (Å²) >= 11 is 0. The van der Waals surface area contributed by atoms with E-state index >= 15 is 0 Å². The van der Waals surface area contributed by atoms with Crippen LogP contribution in [0.2, 0.25) is 0 Å². The lowest BCUT2D eigenvalue weighted by Gasteiger charge is -2.29. The molecule has 2 rings (SSSR count). The van der Waals surface area contributed by atoms with Crippen molar-refractivity contribution in [3.05, 3.63) is 59.7 Å². The molecular weight excluding hydrogens is 266 g/mol. The molecule has 2 aromatic rings. The van der Waals surface area contributed by atoms with Crippen molar-refractivity contribution in [3.8, 4) is 0 Å². The topological polar surface area (TPSA) is 78.1 Å². The molecule has 1 aromatic heterocycles. The van der Waals surface area contributed by atoms with E-state index in [9.17, 15) is 4.79 Å².